The van der Waals surface area contributed by atoms with Crippen molar-refractivity contribution in [3.8, 4) is 0 Å². The van der Waals surface area contributed by atoms with E-state index in [2.05, 4.69) is 62.6 Å². The summed E-state index contributed by atoms with van der Waals surface area (Å²) in [6.45, 7) is 16.3. The van der Waals surface area contributed by atoms with E-state index in [-0.39, 0.29) is 0 Å². The van der Waals surface area contributed by atoms with Gasteiger partial charge in [0.1, 0.15) is 0 Å². The molecule has 2 aliphatic rings. The lowest BCUT2D eigenvalue weighted by molar-refractivity contribution is 0.233. The molecule has 21 heavy (non-hydrogen) atoms. The molecule has 0 aromatic carbocycles. The van der Waals surface area contributed by atoms with Crippen LogP contribution in [-0.2, 0) is 0 Å². The van der Waals surface area contributed by atoms with Crippen molar-refractivity contribution in [2.75, 3.05) is 26.2 Å². The van der Waals surface area contributed by atoms with E-state index >= 15 is 0 Å². The molecule has 2 rings (SSSR count). The van der Waals surface area contributed by atoms with Crippen LogP contribution >= 0.6 is 0 Å². The number of hydrogen-bond acceptors (Lipinski definition) is 2. The molecule has 0 aromatic rings. The predicted molar refractivity (Wildman–Crippen MR) is 94.8 cm³/mol. The number of hydrogen-bond donors (Lipinski definition) is 0. The SMILES string of the molecule is CC(C)N1CCC=CCC1.CC1=CCCN(C(C)C)CC1. The van der Waals surface area contributed by atoms with Crippen molar-refractivity contribution in [2.24, 2.45) is 0 Å². The van der Waals surface area contributed by atoms with Crippen LogP contribution in [0.1, 0.15) is 60.3 Å². The summed E-state index contributed by atoms with van der Waals surface area (Å²) in [6, 6.07) is 1.44. The standard InChI is InChI=1S/C10H19N.C9H17N/c1-9(2)11-7-4-5-10(3)6-8-11;1-9(2)10-7-5-3-4-6-8-10/h5,9H,4,6-8H2,1-3H3;3-4,9H,5-8H2,1-2H3. The van der Waals surface area contributed by atoms with Gasteiger partial charge in [0, 0.05) is 38.3 Å². The van der Waals surface area contributed by atoms with Gasteiger partial charge in [-0.2, -0.15) is 0 Å². The Balaban J connectivity index is 0.000000211. The maximum absolute atomic E-state index is 2.55. The second-order valence-electron chi connectivity index (χ2n) is 6.90. The maximum atomic E-state index is 2.55. The molecule has 0 saturated carbocycles. The van der Waals surface area contributed by atoms with Gasteiger partial charge in [0.05, 0.1) is 0 Å². The zero-order chi connectivity index (χ0) is 15.7. The summed E-state index contributed by atoms with van der Waals surface area (Å²) < 4.78 is 0. The van der Waals surface area contributed by atoms with Gasteiger partial charge in [-0.1, -0.05) is 23.8 Å². The number of nitrogens with zero attached hydrogens (tertiary/aromatic N) is 2. The topological polar surface area (TPSA) is 6.48 Å². The highest BCUT2D eigenvalue weighted by Gasteiger charge is 2.10. The van der Waals surface area contributed by atoms with E-state index in [1.54, 1.807) is 5.57 Å². The predicted octanol–water partition coefficient (Wildman–Crippen LogP) is 4.48. The van der Waals surface area contributed by atoms with Crippen molar-refractivity contribution in [3.63, 3.8) is 0 Å². The van der Waals surface area contributed by atoms with Gasteiger partial charge in [-0.05, 0) is 60.3 Å². The molecule has 122 valence electrons. The van der Waals surface area contributed by atoms with Crippen molar-refractivity contribution in [1.82, 2.24) is 9.80 Å². The van der Waals surface area contributed by atoms with Crippen LogP contribution in [0.15, 0.2) is 23.8 Å². The maximum Gasteiger partial charge on any atom is 0.00388 e. The molecule has 0 radical (unpaired) electrons. The molecule has 0 aromatic heterocycles. The lowest BCUT2D eigenvalue weighted by Crippen LogP contribution is -2.31. The molecule has 0 aliphatic carbocycles. The van der Waals surface area contributed by atoms with E-state index in [0.29, 0.717) is 6.04 Å². The van der Waals surface area contributed by atoms with Crippen molar-refractivity contribution >= 4 is 0 Å². The average molecular weight is 293 g/mol. The quantitative estimate of drug-likeness (QED) is 0.692. The van der Waals surface area contributed by atoms with E-state index in [0.717, 1.165) is 6.04 Å². The lowest BCUT2D eigenvalue weighted by atomic mass is 10.2. The minimum absolute atomic E-state index is 0.717. The second-order valence-corrected chi connectivity index (χ2v) is 6.90. The highest BCUT2D eigenvalue weighted by Crippen LogP contribution is 2.11. The zero-order valence-electron chi connectivity index (χ0n) is 14.9. The molecule has 0 saturated heterocycles. The van der Waals surface area contributed by atoms with Gasteiger partial charge in [-0.3, -0.25) is 0 Å². The van der Waals surface area contributed by atoms with E-state index in [4.69, 9.17) is 0 Å². The molecular weight excluding hydrogens is 256 g/mol. The van der Waals surface area contributed by atoms with Crippen LogP contribution in [0.4, 0.5) is 0 Å². The molecule has 0 spiro atoms. The van der Waals surface area contributed by atoms with E-state index in [1.807, 2.05) is 0 Å². The fourth-order valence-corrected chi connectivity index (χ4v) is 2.87. The van der Waals surface area contributed by atoms with Gasteiger partial charge in [-0.15, -0.1) is 0 Å². The lowest BCUT2D eigenvalue weighted by Gasteiger charge is -2.24. The minimum atomic E-state index is 0.717. The molecule has 0 unspecified atom stereocenters. The molecule has 0 fully saturated rings. The Morgan fingerprint density at radius 2 is 1.24 bits per heavy atom. The Kier molecular flexibility index (Phi) is 8.94. The molecule has 0 N–H and O–H groups in total. The summed E-state index contributed by atoms with van der Waals surface area (Å²) in [5.74, 6) is 0. The molecule has 2 heterocycles. The summed E-state index contributed by atoms with van der Waals surface area (Å²) in [5.41, 5.74) is 1.56. The van der Waals surface area contributed by atoms with Gasteiger partial charge in [-0.25, -0.2) is 0 Å². The molecule has 2 nitrogen and oxygen atoms in total. The van der Waals surface area contributed by atoms with Crippen LogP contribution in [-0.4, -0.2) is 48.1 Å². The zero-order valence-corrected chi connectivity index (χ0v) is 14.9. The Bertz CT molecular complexity index is 318. The molecule has 0 atom stereocenters. The van der Waals surface area contributed by atoms with E-state index < -0.39 is 0 Å². The molecule has 0 amide bonds. The summed E-state index contributed by atoms with van der Waals surface area (Å²) in [5, 5.41) is 0. The van der Waals surface area contributed by atoms with Crippen molar-refractivity contribution in [3.05, 3.63) is 23.8 Å². The fraction of sp³-hybridized carbons (Fsp3) is 0.789. The fourth-order valence-electron chi connectivity index (χ4n) is 2.87. The Morgan fingerprint density at radius 3 is 1.76 bits per heavy atom. The molecular formula is C19H36N2. The van der Waals surface area contributed by atoms with Crippen LogP contribution < -0.4 is 0 Å². The van der Waals surface area contributed by atoms with Crippen LogP contribution in [0.3, 0.4) is 0 Å². The largest absolute Gasteiger partial charge is 0.300 e. The van der Waals surface area contributed by atoms with Crippen LogP contribution in [0, 0.1) is 0 Å². The third-order valence-electron chi connectivity index (χ3n) is 4.50. The number of rotatable bonds is 2. The van der Waals surface area contributed by atoms with E-state index in [9.17, 15) is 0 Å². The monoisotopic (exact) mass is 292 g/mol. The Hall–Kier alpha value is -0.600. The Morgan fingerprint density at radius 1 is 0.762 bits per heavy atom. The molecule has 2 aliphatic heterocycles. The normalized spacial score (nSPS) is 21.6. The first-order chi connectivity index (χ1) is 10.0. The van der Waals surface area contributed by atoms with Crippen molar-refractivity contribution < 1.29 is 0 Å². The highest BCUT2D eigenvalue weighted by atomic mass is 15.1. The van der Waals surface area contributed by atoms with Gasteiger partial charge in [0.2, 0.25) is 0 Å². The summed E-state index contributed by atoms with van der Waals surface area (Å²) in [4.78, 5) is 5.08. The minimum Gasteiger partial charge on any atom is -0.300 e. The molecule has 0 bridgehead atoms. The van der Waals surface area contributed by atoms with Crippen molar-refractivity contribution in [2.45, 2.75) is 72.4 Å². The van der Waals surface area contributed by atoms with Crippen LogP contribution in [0.5, 0.6) is 0 Å². The summed E-state index contributed by atoms with van der Waals surface area (Å²) >= 11 is 0. The summed E-state index contributed by atoms with van der Waals surface area (Å²) in [6.07, 6.45) is 11.9. The van der Waals surface area contributed by atoms with Gasteiger partial charge >= 0.3 is 0 Å². The average Bonchev–Trinajstić information content (AvgIpc) is 2.81. The van der Waals surface area contributed by atoms with E-state index in [1.165, 1.54) is 51.9 Å². The third-order valence-corrected chi connectivity index (χ3v) is 4.50. The van der Waals surface area contributed by atoms with Crippen LogP contribution in [0.25, 0.3) is 0 Å². The van der Waals surface area contributed by atoms with Gasteiger partial charge in [0.25, 0.3) is 0 Å². The smallest absolute Gasteiger partial charge is 0.00388 e. The highest BCUT2D eigenvalue weighted by molar-refractivity contribution is 5.01. The van der Waals surface area contributed by atoms with Crippen LogP contribution in [0.2, 0.25) is 0 Å². The molecule has 2 heteroatoms. The first kappa shape index (κ1) is 18.4. The van der Waals surface area contributed by atoms with Gasteiger partial charge < -0.3 is 9.80 Å². The first-order valence-corrected chi connectivity index (χ1v) is 8.79. The third kappa shape index (κ3) is 7.82. The van der Waals surface area contributed by atoms with Gasteiger partial charge in [0.15, 0.2) is 0 Å². The second kappa shape index (κ2) is 10.2. The Labute approximate surface area is 132 Å². The summed E-state index contributed by atoms with van der Waals surface area (Å²) in [7, 11) is 0. The van der Waals surface area contributed by atoms with Crippen molar-refractivity contribution in [1.29, 1.82) is 0 Å². The first-order valence-electron chi connectivity index (χ1n) is 8.79.